The van der Waals surface area contributed by atoms with Crippen LogP contribution in [0.4, 0.5) is 4.39 Å². The lowest BCUT2D eigenvalue weighted by Gasteiger charge is -2.43. The van der Waals surface area contributed by atoms with Crippen LogP contribution in [0, 0.1) is 17.7 Å². The van der Waals surface area contributed by atoms with Gasteiger partial charge in [0.2, 0.25) is 5.91 Å². The summed E-state index contributed by atoms with van der Waals surface area (Å²) in [5.41, 5.74) is 0.597. The lowest BCUT2D eigenvalue weighted by Crippen LogP contribution is -2.54. The first-order valence-electron chi connectivity index (χ1n) is 9.63. The Bertz CT molecular complexity index is 611. The second-order valence-electron chi connectivity index (χ2n) is 7.83. The number of piperidine rings is 1. The molecular formula is C20H32Cl2FN3O2. The monoisotopic (exact) mass is 435 g/mol. The average Bonchev–Trinajstić information content (AvgIpc) is 2.60. The van der Waals surface area contributed by atoms with Gasteiger partial charge in [-0.25, -0.2) is 4.39 Å². The fourth-order valence-electron chi connectivity index (χ4n) is 4.20. The summed E-state index contributed by atoms with van der Waals surface area (Å²) in [6, 6.07) is 6.80. The third-order valence-electron chi connectivity index (χ3n) is 5.69. The minimum absolute atomic E-state index is 0. The summed E-state index contributed by atoms with van der Waals surface area (Å²) in [7, 11) is 1.83. The molecule has 3 N–H and O–H groups in total. The van der Waals surface area contributed by atoms with Crippen LogP contribution in [0.3, 0.4) is 0 Å². The Labute approximate surface area is 179 Å². The summed E-state index contributed by atoms with van der Waals surface area (Å²) in [6.45, 7) is 2.62. The largest absolute Gasteiger partial charge is 0.393 e. The van der Waals surface area contributed by atoms with E-state index in [1.54, 1.807) is 18.2 Å². The Morgan fingerprint density at radius 2 is 1.89 bits per heavy atom. The maximum absolute atomic E-state index is 13.8. The van der Waals surface area contributed by atoms with Gasteiger partial charge in [0.15, 0.2) is 0 Å². The molecule has 8 heteroatoms. The van der Waals surface area contributed by atoms with Crippen LogP contribution >= 0.6 is 24.8 Å². The van der Waals surface area contributed by atoms with Crippen molar-refractivity contribution in [2.75, 3.05) is 26.7 Å². The van der Waals surface area contributed by atoms with Gasteiger partial charge in [-0.1, -0.05) is 18.2 Å². The third-order valence-corrected chi connectivity index (χ3v) is 5.69. The number of benzene rings is 1. The molecule has 3 rings (SSSR count). The smallest absolute Gasteiger partial charge is 0.234 e. The van der Waals surface area contributed by atoms with Crippen molar-refractivity contribution in [3.8, 4) is 0 Å². The summed E-state index contributed by atoms with van der Waals surface area (Å²) in [5.74, 6) is 0.577. The summed E-state index contributed by atoms with van der Waals surface area (Å²) in [6.07, 6.45) is 3.45. The maximum Gasteiger partial charge on any atom is 0.234 e. The Balaban J connectivity index is 0.00000196. The average molecular weight is 436 g/mol. The molecule has 1 saturated carbocycles. The van der Waals surface area contributed by atoms with Crippen molar-refractivity contribution in [1.82, 2.24) is 15.5 Å². The standard InChI is InChI=1S/C20H30FN3O2.2ClH/c1-24(12-15-4-2-3-5-18(15)21)13-19(26)23-20(16-10-17(25)11-16)14-6-8-22-9-7-14;;/h2-5,14,16-17,20,22,25H,6-13H2,1H3,(H,23,26);2*1H. The third kappa shape index (κ3) is 6.85. The molecule has 1 unspecified atom stereocenters. The van der Waals surface area contributed by atoms with Gasteiger partial charge in [-0.3, -0.25) is 9.69 Å². The SMILES string of the molecule is CN(CC(=O)NC(C1CCNCC1)C1CC(O)C1)Cc1ccccc1F.Cl.Cl. The highest BCUT2D eigenvalue weighted by Crippen LogP contribution is 2.35. The lowest BCUT2D eigenvalue weighted by atomic mass is 9.71. The Kier molecular flexibility index (Phi) is 10.7. The minimum atomic E-state index is -0.240. The first kappa shape index (κ1) is 25.1. The predicted octanol–water partition coefficient (Wildman–Crippen LogP) is 2.36. The van der Waals surface area contributed by atoms with E-state index in [1.807, 2.05) is 11.9 Å². The number of nitrogens with zero attached hydrogens (tertiary/aromatic N) is 1. The molecule has 1 amide bonds. The van der Waals surface area contributed by atoms with Crippen LogP contribution in [0.15, 0.2) is 24.3 Å². The van der Waals surface area contributed by atoms with E-state index in [1.165, 1.54) is 6.07 Å². The molecule has 28 heavy (non-hydrogen) atoms. The quantitative estimate of drug-likeness (QED) is 0.614. The molecule has 1 aliphatic heterocycles. The topological polar surface area (TPSA) is 64.6 Å². The highest BCUT2D eigenvalue weighted by atomic mass is 35.5. The molecule has 1 saturated heterocycles. The number of hydrogen-bond donors (Lipinski definition) is 3. The molecule has 0 radical (unpaired) electrons. The van der Waals surface area contributed by atoms with Crippen molar-refractivity contribution in [1.29, 1.82) is 0 Å². The maximum atomic E-state index is 13.8. The zero-order chi connectivity index (χ0) is 18.5. The molecule has 0 spiro atoms. The number of aliphatic hydroxyl groups is 1. The summed E-state index contributed by atoms with van der Waals surface area (Å²) >= 11 is 0. The van der Waals surface area contributed by atoms with Crippen LogP contribution in [-0.4, -0.2) is 54.7 Å². The molecule has 1 aromatic carbocycles. The summed E-state index contributed by atoms with van der Waals surface area (Å²) < 4.78 is 13.8. The Hall–Kier alpha value is -0.920. The fourth-order valence-corrected chi connectivity index (χ4v) is 4.20. The van der Waals surface area contributed by atoms with E-state index in [2.05, 4.69) is 10.6 Å². The molecule has 5 nitrogen and oxygen atoms in total. The first-order valence-corrected chi connectivity index (χ1v) is 9.63. The van der Waals surface area contributed by atoms with Gasteiger partial charge in [0.05, 0.1) is 12.6 Å². The summed E-state index contributed by atoms with van der Waals surface area (Å²) in [5, 5.41) is 16.3. The van der Waals surface area contributed by atoms with Crippen LogP contribution in [0.5, 0.6) is 0 Å². The molecular weight excluding hydrogens is 404 g/mol. The van der Waals surface area contributed by atoms with Gasteiger partial charge >= 0.3 is 0 Å². The molecule has 2 aliphatic rings. The van der Waals surface area contributed by atoms with Crippen LogP contribution < -0.4 is 10.6 Å². The molecule has 160 valence electrons. The van der Waals surface area contributed by atoms with Crippen LogP contribution in [0.25, 0.3) is 0 Å². The van der Waals surface area contributed by atoms with Crippen molar-refractivity contribution in [2.45, 2.75) is 44.4 Å². The highest BCUT2D eigenvalue weighted by Gasteiger charge is 2.39. The zero-order valence-corrected chi connectivity index (χ0v) is 17.9. The Morgan fingerprint density at radius 3 is 2.50 bits per heavy atom. The molecule has 1 atom stereocenters. The fraction of sp³-hybridized carbons (Fsp3) is 0.650. The van der Waals surface area contributed by atoms with Gasteiger partial charge in [0, 0.05) is 18.2 Å². The van der Waals surface area contributed by atoms with Gasteiger partial charge in [0.1, 0.15) is 5.82 Å². The molecule has 1 aromatic rings. The first-order chi connectivity index (χ1) is 12.5. The van der Waals surface area contributed by atoms with Crippen molar-refractivity contribution < 1.29 is 14.3 Å². The number of halogens is 3. The van der Waals surface area contributed by atoms with E-state index < -0.39 is 0 Å². The molecule has 1 aliphatic carbocycles. The van der Waals surface area contributed by atoms with E-state index in [9.17, 15) is 14.3 Å². The highest BCUT2D eigenvalue weighted by molar-refractivity contribution is 5.85. The normalized spacial score (nSPS) is 23.1. The number of amides is 1. The van der Waals surface area contributed by atoms with Gasteiger partial charge in [-0.2, -0.15) is 0 Å². The zero-order valence-electron chi connectivity index (χ0n) is 16.3. The van der Waals surface area contributed by atoms with Crippen LogP contribution in [0.1, 0.15) is 31.2 Å². The van der Waals surface area contributed by atoms with Crippen molar-refractivity contribution in [3.63, 3.8) is 0 Å². The van der Waals surface area contributed by atoms with Crippen molar-refractivity contribution in [2.24, 2.45) is 11.8 Å². The molecule has 0 bridgehead atoms. The van der Waals surface area contributed by atoms with Gasteiger partial charge in [0.25, 0.3) is 0 Å². The number of aliphatic hydroxyl groups excluding tert-OH is 1. The van der Waals surface area contributed by atoms with E-state index in [0.717, 1.165) is 38.8 Å². The number of carbonyl (C=O) groups is 1. The Morgan fingerprint density at radius 1 is 1.25 bits per heavy atom. The molecule has 2 fully saturated rings. The van der Waals surface area contributed by atoms with Crippen LogP contribution in [0.2, 0.25) is 0 Å². The predicted molar refractivity (Wildman–Crippen MR) is 113 cm³/mol. The van der Waals surface area contributed by atoms with Gasteiger partial charge in [-0.05, 0) is 63.7 Å². The molecule has 0 aromatic heterocycles. The number of hydrogen-bond acceptors (Lipinski definition) is 4. The van der Waals surface area contributed by atoms with E-state index in [0.29, 0.717) is 23.9 Å². The number of likely N-dealkylation sites (N-methyl/N-ethyl adjacent to an activating group) is 1. The van der Waals surface area contributed by atoms with Crippen LogP contribution in [-0.2, 0) is 11.3 Å². The number of rotatable bonds is 7. The summed E-state index contributed by atoms with van der Waals surface area (Å²) in [4.78, 5) is 14.4. The molecule has 1 heterocycles. The van der Waals surface area contributed by atoms with E-state index >= 15 is 0 Å². The van der Waals surface area contributed by atoms with Gasteiger partial charge in [-0.15, -0.1) is 24.8 Å². The van der Waals surface area contributed by atoms with Gasteiger partial charge < -0.3 is 15.7 Å². The second kappa shape index (κ2) is 11.9. The second-order valence-corrected chi connectivity index (χ2v) is 7.83. The van der Waals surface area contributed by atoms with Crippen molar-refractivity contribution >= 4 is 30.7 Å². The van der Waals surface area contributed by atoms with E-state index in [4.69, 9.17) is 0 Å². The number of nitrogens with one attached hydrogen (secondary N) is 2. The minimum Gasteiger partial charge on any atom is -0.393 e. The number of carbonyl (C=O) groups excluding carboxylic acids is 1. The van der Waals surface area contributed by atoms with E-state index in [-0.39, 0.29) is 55.2 Å². The van der Waals surface area contributed by atoms with Crippen molar-refractivity contribution in [3.05, 3.63) is 35.6 Å². The lowest BCUT2D eigenvalue weighted by molar-refractivity contribution is -0.124.